The van der Waals surface area contributed by atoms with Crippen molar-refractivity contribution in [2.24, 2.45) is 17.8 Å². The predicted molar refractivity (Wildman–Crippen MR) is 75.1 cm³/mol. The van der Waals surface area contributed by atoms with Gasteiger partial charge in [0.25, 0.3) is 0 Å². The lowest BCUT2D eigenvalue weighted by Crippen LogP contribution is -2.44. The highest BCUT2D eigenvalue weighted by atomic mass is 16.5. The Hall–Kier alpha value is -0.160. The molecule has 4 heteroatoms. The van der Waals surface area contributed by atoms with E-state index in [9.17, 15) is 5.11 Å². The van der Waals surface area contributed by atoms with E-state index in [4.69, 9.17) is 4.74 Å². The van der Waals surface area contributed by atoms with E-state index in [0.29, 0.717) is 0 Å². The molecule has 0 aromatic carbocycles. The van der Waals surface area contributed by atoms with Gasteiger partial charge in [0, 0.05) is 26.2 Å². The number of aliphatic hydroxyl groups is 1. The first-order valence-electron chi connectivity index (χ1n) is 8.02. The molecule has 3 aliphatic rings. The van der Waals surface area contributed by atoms with E-state index in [0.717, 1.165) is 63.7 Å². The fraction of sp³-hybridized carbons (Fsp3) is 1.00. The summed E-state index contributed by atoms with van der Waals surface area (Å²) in [6.07, 6.45) is 5.54. The zero-order chi connectivity index (χ0) is 13.1. The number of nitrogens with one attached hydrogen (secondary N) is 1. The van der Waals surface area contributed by atoms with Crippen LogP contribution in [-0.4, -0.2) is 62.0 Å². The Labute approximate surface area is 116 Å². The van der Waals surface area contributed by atoms with Gasteiger partial charge < -0.3 is 15.2 Å². The summed E-state index contributed by atoms with van der Waals surface area (Å²) in [6, 6.07) is 0. The molecule has 1 heterocycles. The van der Waals surface area contributed by atoms with Crippen LogP contribution in [0, 0.1) is 17.8 Å². The highest BCUT2D eigenvalue weighted by Gasteiger charge is 2.40. The minimum absolute atomic E-state index is 0.239. The van der Waals surface area contributed by atoms with Crippen LogP contribution in [0.4, 0.5) is 0 Å². The van der Waals surface area contributed by atoms with Crippen molar-refractivity contribution in [1.29, 1.82) is 0 Å². The van der Waals surface area contributed by atoms with Crippen LogP contribution in [0.3, 0.4) is 0 Å². The molecule has 0 radical (unpaired) electrons. The largest absolute Gasteiger partial charge is 0.390 e. The molecule has 1 atom stereocenters. The maximum atomic E-state index is 10.1. The molecule has 0 amide bonds. The highest BCUT2D eigenvalue weighted by Crippen LogP contribution is 2.48. The van der Waals surface area contributed by atoms with Gasteiger partial charge in [0.15, 0.2) is 0 Å². The van der Waals surface area contributed by atoms with E-state index in [2.05, 4.69) is 10.2 Å². The maximum Gasteiger partial charge on any atom is 0.0791 e. The zero-order valence-corrected chi connectivity index (χ0v) is 11.9. The Balaban J connectivity index is 1.30. The molecular formula is C15H28N2O2. The third-order valence-electron chi connectivity index (χ3n) is 4.79. The Morgan fingerprint density at radius 3 is 2.26 bits per heavy atom. The average molecular weight is 268 g/mol. The van der Waals surface area contributed by atoms with Crippen molar-refractivity contribution < 1.29 is 9.84 Å². The molecular weight excluding hydrogens is 240 g/mol. The normalized spacial score (nSPS) is 26.8. The lowest BCUT2D eigenvalue weighted by molar-refractivity contribution is 0.0147. The van der Waals surface area contributed by atoms with Gasteiger partial charge in [-0.05, 0) is 50.0 Å². The van der Waals surface area contributed by atoms with E-state index in [1.165, 1.54) is 25.7 Å². The van der Waals surface area contributed by atoms with E-state index in [-0.39, 0.29) is 6.10 Å². The summed E-state index contributed by atoms with van der Waals surface area (Å²) in [5.41, 5.74) is 0. The molecule has 1 saturated heterocycles. The second kappa shape index (κ2) is 6.53. The number of hydrogen-bond donors (Lipinski definition) is 2. The van der Waals surface area contributed by atoms with E-state index in [1.54, 1.807) is 0 Å². The SMILES string of the molecule is OC(CNCC(C1CC1)C1CC1)CN1CCOCC1. The monoisotopic (exact) mass is 268 g/mol. The molecule has 1 aliphatic heterocycles. The molecule has 4 nitrogen and oxygen atoms in total. The quantitative estimate of drug-likeness (QED) is 0.680. The molecule has 19 heavy (non-hydrogen) atoms. The molecule has 2 N–H and O–H groups in total. The van der Waals surface area contributed by atoms with Gasteiger partial charge in [-0.1, -0.05) is 0 Å². The molecule has 2 saturated carbocycles. The highest BCUT2D eigenvalue weighted by molar-refractivity contribution is 4.92. The molecule has 1 unspecified atom stereocenters. The van der Waals surface area contributed by atoms with Crippen molar-refractivity contribution in [1.82, 2.24) is 10.2 Å². The van der Waals surface area contributed by atoms with Crippen LogP contribution < -0.4 is 5.32 Å². The predicted octanol–water partition coefficient (Wildman–Crippen LogP) is 0.705. The minimum atomic E-state index is -0.239. The van der Waals surface area contributed by atoms with Crippen LogP contribution in [0.5, 0.6) is 0 Å². The van der Waals surface area contributed by atoms with Crippen LogP contribution in [-0.2, 0) is 4.74 Å². The molecule has 3 rings (SSSR count). The van der Waals surface area contributed by atoms with Crippen molar-refractivity contribution in [3.8, 4) is 0 Å². The van der Waals surface area contributed by atoms with Gasteiger partial charge in [-0.3, -0.25) is 4.90 Å². The summed E-state index contributed by atoms with van der Waals surface area (Å²) in [6.45, 7) is 6.20. The lowest BCUT2D eigenvalue weighted by Gasteiger charge is -2.28. The first-order chi connectivity index (χ1) is 9.33. The Kier molecular flexibility index (Phi) is 4.74. The first-order valence-corrected chi connectivity index (χ1v) is 8.02. The summed E-state index contributed by atoms with van der Waals surface area (Å²) in [5.74, 6) is 2.89. The summed E-state index contributed by atoms with van der Waals surface area (Å²) in [5, 5.41) is 13.6. The fourth-order valence-corrected chi connectivity index (χ4v) is 3.33. The van der Waals surface area contributed by atoms with Gasteiger partial charge in [0.05, 0.1) is 19.3 Å². The number of rotatable bonds is 8. The van der Waals surface area contributed by atoms with Crippen molar-refractivity contribution in [3.63, 3.8) is 0 Å². The Morgan fingerprint density at radius 1 is 1.05 bits per heavy atom. The molecule has 110 valence electrons. The van der Waals surface area contributed by atoms with Crippen molar-refractivity contribution in [2.45, 2.75) is 31.8 Å². The van der Waals surface area contributed by atoms with Gasteiger partial charge in [-0.2, -0.15) is 0 Å². The van der Waals surface area contributed by atoms with Gasteiger partial charge in [0.2, 0.25) is 0 Å². The average Bonchev–Trinajstić information content (AvgIpc) is 3.29. The fourth-order valence-electron chi connectivity index (χ4n) is 3.33. The third-order valence-corrected chi connectivity index (χ3v) is 4.79. The standard InChI is InChI=1S/C15H28N2O2/c18-14(11-17-5-7-19-8-6-17)9-16-10-15(12-1-2-12)13-3-4-13/h12-16,18H,1-11H2. The number of hydrogen-bond acceptors (Lipinski definition) is 4. The first kappa shape index (κ1) is 13.8. The smallest absolute Gasteiger partial charge is 0.0791 e. The molecule has 3 fully saturated rings. The van der Waals surface area contributed by atoms with Gasteiger partial charge in [0.1, 0.15) is 0 Å². The summed E-state index contributed by atoms with van der Waals surface area (Å²) in [4.78, 5) is 2.30. The van der Waals surface area contributed by atoms with Gasteiger partial charge >= 0.3 is 0 Å². The van der Waals surface area contributed by atoms with Crippen molar-refractivity contribution in [2.75, 3.05) is 45.9 Å². The van der Waals surface area contributed by atoms with Crippen LogP contribution >= 0.6 is 0 Å². The number of ether oxygens (including phenoxy) is 1. The van der Waals surface area contributed by atoms with Gasteiger partial charge in [-0.25, -0.2) is 0 Å². The molecule has 2 aliphatic carbocycles. The van der Waals surface area contributed by atoms with E-state index in [1.807, 2.05) is 0 Å². The lowest BCUT2D eigenvalue weighted by atomic mass is 9.98. The summed E-state index contributed by atoms with van der Waals surface area (Å²) in [7, 11) is 0. The third kappa shape index (κ3) is 4.42. The van der Waals surface area contributed by atoms with Crippen LogP contribution in [0.1, 0.15) is 25.7 Å². The molecule has 0 spiro atoms. The van der Waals surface area contributed by atoms with Crippen molar-refractivity contribution >= 4 is 0 Å². The van der Waals surface area contributed by atoms with Crippen LogP contribution in [0.2, 0.25) is 0 Å². The minimum Gasteiger partial charge on any atom is -0.390 e. The number of nitrogens with zero attached hydrogens (tertiary/aromatic N) is 1. The second-order valence-electron chi connectivity index (χ2n) is 6.56. The molecule has 0 aromatic rings. The van der Waals surface area contributed by atoms with Crippen molar-refractivity contribution in [3.05, 3.63) is 0 Å². The zero-order valence-electron chi connectivity index (χ0n) is 11.9. The molecule has 0 aromatic heterocycles. The topological polar surface area (TPSA) is 44.7 Å². The summed E-state index contributed by atoms with van der Waals surface area (Å²) >= 11 is 0. The van der Waals surface area contributed by atoms with E-state index >= 15 is 0 Å². The number of β-amino-alcohol motifs (C(OH)–C–C–N with tert-alkyl or cyclic N) is 1. The Morgan fingerprint density at radius 2 is 1.68 bits per heavy atom. The van der Waals surface area contributed by atoms with E-state index < -0.39 is 0 Å². The van der Waals surface area contributed by atoms with Gasteiger partial charge in [-0.15, -0.1) is 0 Å². The Bertz CT molecular complexity index is 261. The number of morpholine rings is 1. The maximum absolute atomic E-state index is 10.1. The number of aliphatic hydroxyl groups excluding tert-OH is 1. The van der Waals surface area contributed by atoms with Crippen LogP contribution in [0.25, 0.3) is 0 Å². The summed E-state index contributed by atoms with van der Waals surface area (Å²) < 4.78 is 5.32. The molecule has 0 bridgehead atoms. The van der Waals surface area contributed by atoms with Crippen LogP contribution in [0.15, 0.2) is 0 Å². The second-order valence-corrected chi connectivity index (χ2v) is 6.56.